The van der Waals surface area contributed by atoms with E-state index in [0.717, 1.165) is 32.6 Å². The Labute approximate surface area is 111 Å². The maximum absolute atomic E-state index is 6.28. The minimum absolute atomic E-state index is 0.307. The predicted octanol–water partition coefficient (Wildman–Crippen LogP) is 1.54. The Morgan fingerprint density at radius 2 is 2.06 bits per heavy atom. The van der Waals surface area contributed by atoms with E-state index in [1.807, 2.05) is 0 Å². The minimum Gasteiger partial charge on any atom is -0.326 e. The molecule has 1 aliphatic rings. The van der Waals surface area contributed by atoms with E-state index >= 15 is 0 Å². The van der Waals surface area contributed by atoms with Crippen LogP contribution in [0.15, 0.2) is 30.3 Å². The highest BCUT2D eigenvalue weighted by atomic mass is 15.2. The van der Waals surface area contributed by atoms with Crippen LogP contribution in [0.1, 0.15) is 18.9 Å². The van der Waals surface area contributed by atoms with E-state index in [2.05, 4.69) is 54.1 Å². The van der Waals surface area contributed by atoms with Gasteiger partial charge in [0.15, 0.2) is 0 Å². The van der Waals surface area contributed by atoms with Crippen LogP contribution >= 0.6 is 0 Å². The van der Waals surface area contributed by atoms with Crippen molar-refractivity contribution in [3.05, 3.63) is 35.9 Å². The van der Waals surface area contributed by atoms with Gasteiger partial charge < -0.3 is 10.6 Å². The van der Waals surface area contributed by atoms with Gasteiger partial charge in [0, 0.05) is 25.2 Å². The molecule has 0 aliphatic carbocycles. The van der Waals surface area contributed by atoms with Gasteiger partial charge in [-0.2, -0.15) is 0 Å². The largest absolute Gasteiger partial charge is 0.326 e. The van der Waals surface area contributed by atoms with E-state index < -0.39 is 0 Å². The molecule has 1 saturated heterocycles. The summed E-state index contributed by atoms with van der Waals surface area (Å²) >= 11 is 0. The van der Waals surface area contributed by atoms with Crippen LogP contribution in [0.4, 0.5) is 0 Å². The zero-order valence-electron chi connectivity index (χ0n) is 11.5. The van der Waals surface area contributed by atoms with Crippen molar-refractivity contribution in [2.24, 2.45) is 5.73 Å². The molecule has 2 atom stereocenters. The summed E-state index contributed by atoms with van der Waals surface area (Å²) in [5, 5.41) is 0. The van der Waals surface area contributed by atoms with E-state index in [4.69, 9.17) is 5.73 Å². The highest BCUT2D eigenvalue weighted by Crippen LogP contribution is 2.16. The van der Waals surface area contributed by atoms with Crippen molar-refractivity contribution >= 4 is 0 Å². The van der Waals surface area contributed by atoms with E-state index in [1.54, 1.807) is 0 Å². The fourth-order valence-corrected chi connectivity index (χ4v) is 2.76. The van der Waals surface area contributed by atoms with Gasteiger partial charge in [-0.25, -0.2) is 0 Å². The van der Waals surface area contributed by atoms with Gasteiger partial charge in [0.2, 0.25) is 0 Å². The number of likely N-dealkylation sites (N-methyl/N-ethyl adjacent to an activating group) is 2. The molecule has 100 valence electrons. The van der Waals surface area contributed by atoms with E-state index in [-0.39, 0.29) is 0 Å². The van der Waals surface area contributed by atoms with Crippen LogP contribution in [0.25, 0.3) is 0 Å². The van der Waals surface area contributed by atoms with Gasteiger partial charge >= 0.3 is 0 Å². The van der Waals surface area contributed by atoms with E-state index in [1.165, 1.54) is 5.56 Å². The molecule has 1 aliphatic heterocycles. The lowest BCUT2D eigenvalue weighted by Gasteiger charge is -2.41. The van der Waals surface area contributed by atoms with Crippen molar-refractivity contribution in [1.82, 2.24) is 9.80 Å². The Hall–Kier alpha value is -0.900. The first-order valence-electron chi connectivity index (χ1n) is 6.92. The topological polar surface area (TPSA) is 32.5 Å². The lowest BCUT2D eigenvalue weighted by atomic mass is 9.98. The van der Waals surface area contributed by atoms with E-state index in [9.17, 15) is 0 Å². The smallest absolute Gasteiger partial charge is 0.0375 e. The molecule has 1 fully saturated rings. The van der Waals surface area contributed by atoms with Gasteiger partial charge in [-0.05, 0) is 32.1 Å². The maximum Gasteiger partial charge on any atom is 0.0375 e. The zero-order valence-corrected chi connectivity index (χ0v) is 11.5. The second kappa shape index (κ2) is 6.32. The standard InChI is InChI=1S/C15H25N3/c1-3-18-10-9-14(16)15(12-18)17(2)11-13-7-5-4-6-8-13/h4-8,14-15H,3,9-12,16H2,1-2H3. The highest BCUT2D eigenvalue weighted by Gasteiger charge is 2.28. The van der Waals surface area contributed by atoms with Crippen LogP contribution in [-0.4, -0.2) is 48.6 Å². The first kappa shape index (κ1) is 13.5. The van der Waals surface area contributed by atoms with Crippen LogP contribution in [-0.2, 0) is 6.54 Å². The molecule has 0 aromatic heterocycles. The summed E-state index contributed by atoms with van der Waals surface area (Å²) < 4.78 is 0. The Kier molecular flexibility index (Phi) is 4.75. The van der Waals surface area contributed by atoms with Crippen molar-refractivity contribution in [3.8, 4) is 0 Å². The zero-order chi connectivity index (χ0) is 13.0. The average molecular weight is 247 g/mol. The quantitative estimate of drug-likeness (QED) is 0.876. The molecule has 1 aromatic carbocycles. The van der Waals surface area contributed by atoms with Gasteiger partial charge in [0.1, 0.15) is 0 Å². The summed E-state index contributed by atoms with van der Waals surface area (Å²) in [5.74, 6) is 0. The minimum atomic E-state index is 0.307. The van der Waals surface area contributed by atoms with Crippen molar-refractivity contribution in [2.75, 3.05) is 26.7 Å². The number of hydrogen-bond donors (Lipinski definition) is 1. The van der Waals surface area contributed by atoms with E-state index in [0.29, 0.717) is 12.1 Å². The number of rotatable bonds is 4. The molecule has 0 saturated carbocycles. The van der Waals surface area contributed by atoms with Crippen LogP contribution < -0.4 is 5.73 Å². The van der Waals surface area contributed by atoms with Crippen LogP contribution in [0, 0.1) is 0 Å². The normalized spacial score (nSPS) is 25.6. The summed E-state index contributed by atoms with van der Waals surface area (Å²) in [4.78, 5) is 4.90. The van der Waals surface area contributed by atoms with Crippen LogP contribution in [0.5, 0.6) is 0 Å². The highest BCUT2D eigenvalue weighted by molar-refractivity contribution is 5.14. The fourth-order valence-electron chi connectivity index (χ4n) is 2.76. The first-order chi connectivity index (χ1) is 8.70. The Bertz CT molecular complexity index is 352. The summed E-state index contributed by atoms with van der Waals surface area (Å²) in [6.45, 7) is 6.58. The van der Waals surface area contributed by atoms with Crippen LogP contribution in [0.3, 0.4) is 0 Å². The molecule has 18 heavy (non-hydrogen) atoms. The molecule has 0 bridgehead atoms. The molecule has 1 heterocycles. The third-order valence-electron chi connectivity index (χ3n) is 4.01. The van der Waals surface area contributed by atoms with Crippen molar-refractivity contribution in [1.29, 1.82) is 0 Å². The second-order valence-electron chi connectivity index (χ2n) is 5.31. The molecule has 0 radical (unpaired) electrons. The summed E-state index contributed by atoms with van der Waals surface area (Å²) in [5.41, 5.74) is 7.64. The first-order valence-corrected chi connectivity index (χ1v) is 6.92. The van der Waals surface area contributed by atoms with Gasteiger partial charge in [0.25, 0.3) is 0 Å². The third kappa shape index (κ3) is 3.31. The number of piperidine rings is 1. The third-order valence-corrected chi connectivity index (χ3v) is 4.01. The SMILES string of the molecule is CCN1CCC(N)C(N(C)Cc2ccccc2)C1. The number of hydrogen-bond acceptors (Lipinski definition) is 3. The molecule has 0 spiro atoms. The van der Waals surface area contributed by atoms with Crippen molar-refractivity contribution in [2.45, 2.75) is 32.0 Å². The predicted molar refractivity (Wildman–Crippen MR) is 76.4 cm³/mol. The lowest BCUT2D eigenvalue weighted by Crippen LogP contribution is -2.56. The summed E-state index contributed by atoms with van der Waals surface area (Å²) in [6.07, 6.45) is 1.11. The Morgan fingerprint density at radius 3 is 2.72 bits per heavy atom. The van der Waals surface area contributed by atoms with Gasteiger partial charge in [-0.15, -0.1) is 0 Å². The lowest BCUT2D eigenvalue weighted by molar-refractivity contribution is 0.0982. The van der Waals surface area contributed by atoms with Gasteiger partial charge in [-0.1, -0.05) is 37.3 Å². The average Bonchev–Trinajstić information content (AvgIpc) is 2.40. The van der Waals surface area contributed by atoms with Crippen molar-refractivity contribution < 1.29 is 0 Å². The maximum atomic E-state index is 6.28. The molecule has 3 heteroatoms. The molecule has 1 aromatic rings. The van der Waals surface area contributed by atoms with Gasteiger partial charge in [0.05, 0.1) is 0 Å². The molecule has 2 rings (SSSR count). The number of likely N-dealkylation sites (tertiary alicyclic amines) is 1. The molecule has 2 N–H and O–H groups in total. The number of nitrogens with zero attached hydrogens (tertiary/aromatic N) is 2. The number of nitrogens with two attached hydrogens (primary N) is 1. The molecule has 3 nitrogen and oxygen atoms in total. The van der Waals surface area contributed by atoms with Crippen molar-refractivity contribution in [3.63, 3.8) is 0 Å². The number of benzene rings is 1. The van der Waals surface area contributed by atoms with Gasteiger partial charge in [-0.3, -0.25) is 4.90 Å². The Morgan fingerprint density at radius 1 is 1.33 bits per heavy atom. The summed E-state index contributed by atoms with van der Waals surface area (Å²) in [7, 11) is 2.19. The fraction of sp³-hybridized carbons (Fsp3) is 0.600. The molecule has 0 amide bonds. The Balaban J connectivity index is 1.96. The molecular formula is C15H25N3. The molecule has 2 unspecified atom stereocenters. The monoisotopic (exact) mass is 247 g/mol. The summed E-state index contributed by atoms with van der Waals surface area (Å²) in [6, 6.07) is 11.4. The van der Waals surface area contributed by atoms with Crippen LogP contribution in [0.2, 0.25) is 0 Å². The molecular weight excluding hydrogens is 222 g/mol. The second-order valence-corrected chi connectivity index (χ2v) is 5.31.